The number of rotatable bonds is 6. The molecule has 0 aliphatic carbocycles. The number of carbonyl (C=O) groups excluding carboxylic acids is 2. The summed E-state index contributed by atoms with van der Waals surface area (Å²) < 4.78 is 1.78. The monoisotopic (exact) mass is 436 g/mol. The van der Waals surface area contributed by atoms with E-state index in [0.29, 0.717) is 5.82 Å². The lowest BCUT2D eigenvalue weighted by molar-refractivity contribution is -0.115. The van der Waals surface area contributed by atoms with E-state index >= 15 is 0 Å². The number of thioether (sulfide) groups is 1. The molecule has 1 atom stereocenters. The third-order valence-corrected chi connectivity index (χ3v) is 5.70. The summed E-state index contributed by atoms with van der Waals surface area (Å²) in [5, 5.41) is 10.2. The molecule has 162 valence electrons. The van der Waals surface area contributed by atoms with E-state index in [4.69, 9.17) is 5.10 Å². The minimum atomic E-state index is -0.316. The fourth-order valence-corrected chi connectivity index (χ4v) is 3.78. The molecule has 0 fully saturated rings. The fraction of sp³-hybridized carbons (Fsp3) is 0.292. The Morgan fingerprint density at radius 1 is 1.00 bits per heavy atom. The van der Waals surface area contributed by atoms with Crippen molar-refractivity contribution in [1.82, 2.24) is 9.78 Å². The van der Waals surface area contributed by atoms with Crippen LogP contribution in [0.3, 0.4) is 0 Å². The summed E-state index contributed by atoms with van der Waals surface area (Å²) in [5.41, 5.74) is 2.38. The van der Waals surface area contributed by atoms with Crippen molar-refractivity contribution in [2.24, 2.45) is 0 Å². The van der Waals surface area contributed by atoms with Gasteiger partial charge in [0.25, 0.3) is 0 Å². The lowest BCUT2D eigenvalue weighted by atomic mass is 9.92. The Hall–Kier alpha value is -3.06. The quantitative estimate of drug-likeness (QED) is 0.518. The Labute approximate surface area is 187 Å². The summed E-state index contributed by atoms with van der Waals surface area (Å²) in [6, 6.07) is 19.1. The van der Waals surface area contributed by atoms with Gasteiger partial charge in [-0.3, -0.25) is 9.59 Å². The third-order valence-electron chi connectivity index (χ3n) is 4.59. The van der Waals surface area contributed by atoms with Gasteiger partial charge < -0.3 is 10.6 Å². The molecule has 0 radical (unpaired) electrons. The maximum atomic E-state index is 12.9. The van der Waals surface area contributed by atoms with Gasteiger partial charge in [-0.15, -0.1) is 11.8 Å². The Morgan fingerprint density at radius 2 is 1.65 bits per heavy atom. The van der Waals surface area contributed by atoms with Crippen molar-refractivity contribution in [2.75, 3.05) is 10.6 Å². The van der Waals surface area contributed by atoms with Gasteiger partial charge in [0.05, 0.1) is 16.6 Å². The number of hydrogen-bond donors (Lipinski definition) is 2. The van der Waals surface area contributed by atoms with Gasteiger partial charge in [0.15, 0.2) is 0 Å². The standard InChI is InChI=1S/C24H28N4O2S/c1-16(31-20-13-11-18(12-14-20)25-17(2)29)23(30)26-22-15-21(24(3,4)5)27-28(22)19-9-7-6-8-10-19/h6-16H,1-5H3,(H,25,29)(H,26,30). The Bertz CT molecular complexity index is 1050. The van der Waals surface area contributed by atoms with E-state index in [1.807, 2.05) is 67.6 Å². The summed E-state index contributed by atoms with van der Waals surface area (Å²) in [7, 11) is 0. The number of aromatic nitrogens is 2. The van der Waals surface area contributed by atoms with Crippen LogP contribution in [0.25, 0.3) is 5.69 Å². The number of benzene rings is 2. The SMILES string of the molecule is CC(=O)Nc1ccc(SC(C)C(=O)Nc2cc(C(C)(C)C)nn2-c2ccccc2)cc1. The van der Waals surface area contributed by atoms with E-state index in [0.717, 1.165) is 22.0 Å². The van der Waals surface area contributed by atoms with Crippen LogP contribution < -0.4 is 10.6 Å². The maximum absolute atomic E-state index is 12.9. The van der Waals surface area contributed by atoms with Gasteiger partial charge in [-0.2, -0.15) is 5.10 Å². The van der Waals surface area contributed by atoms with Gasteiger partial charge in [0, 0.05) is 29.0 Å². The zero-order valence-electron chi connectivity index (χ0n) is 18.5. The Balaban J connectivity index is 1.76. The average molecular weight is 437 g/mol. The smallest absolute Gasteiger partial charge is 0.238 e. The second kappa shape index (κ2) is 9.39. The predicted molar refractivity (Wildman–Crippen MR) is 127 cm³/mol. The molecule has 1 unspecified atom stereocenters. The first-order chi connectivity index (χ1) is 14.6. The van der Waals surface area contributed by atoms with E-state index < -0.39 is 0 Å². The Morgan fingerprint density at radius 3 is 2.23 bits per heavy atom. The number of para-hydroxylation sites is 1. The summed E-state index contributed by atoms with van der Waals surface area (Å²) in [5.74, 6) is 0.431. The molecule has 2 N–H and O–H groups in total. The van der Waals surface area contributed by atoms with Crippen LogP contribution >= 0.6 is 11.8 Å². The number of nitrogens with one attached hydrogen (secondary N) is 2. The highest BCUT2D eigenvalue weighted by Crippen LogP contribution is 2.28. The molecular weight excluding hydrogens is 408 g/mol. The molecule has 0 bridgehead atoms. The number of nitrogens with zero attached hydrogens (tertiary/aromatic N) is 2. The minimum absolute atomic E-state index is 0.103. The van der Waals surface area contributed by atoms with Crippen LogP contribution in [-0.4, -0.2) is 26.8 Å². The van der Waals surface area contributed by atoms with Crippen LogP contribution in [0.15, 0.2) is 65.6 Å². The number of anilines is 2. The van der Waals surface area contributed by atoms with Crippen molar-refractivity contribution < 1.29 is 9.59 Å². The largest absolute Gasteiger partial charge is 0.326 e. The van der Waals surface area contributed by atoms with Gasteiger partial charge in [-0.1, -0.05) is 39.0 Å². The lowest BCUT2D eigenvalue weighted by Crippen LogP contribution is -2.23. The van der Waals surface area contributed by atoms with Crippen LogP contribution in [0, 0.1) is 0 Å². The lowest BCUT2D eigenvalue weighted by Gasteiger charge is -2.14. The molecule has 31 heavy (non-hydrogen) atoms. The average Bonchev–Trinajstić information content (AvgIpc) is 3.14. The number of carbonyl (C=O) groups is 2. The van der Waals surface area contributed by atoms with Crippen LogP contribution in [0.4, 0.5) is 11.5 Å². The van der Waals surface area contributed by atoms with E-state index in [1.165, 1.54) is 18.7 Å². The molecule has 0 aliphatic rings. The molecule has 0 aliphatic heterocycles. The molecule has 3 rings (SSSR count). The normalized spacial score (nSPS) is 12.3. The molecule has 0 saturated heterocycles. The molecule has 2 amide bonds. The van der Waals surface area contributed by atoms with Gasteiger partial charge in [0.1, 0.15) is 5.82 Å². The van der Waals surface area contributed by atoms with Gasteiger partial charge in [-0.25, -0.2) is 4.68 Å². The van der Waals surface area contributed by atoms with Crippen molar-refractivity contribution in [3.63, 3.8) is 0 Å². The molecule has 0 spiro atoms. The van der Waals surface area contributed by atoms with Gasteiger partial charge >= 0.3 is 0 Å². The van der Waals surface area contributed by atoms with Crippen LogP contribution in [0.1, 0.15) is 40.3 Å². The van der Waals surface area contributed by atoms with Crippen molar-refractivity contribution >= 4 is 35.1 Å². The number of hydrogen-bond acceptors (Lipinski definition) is 4. The molecule has 6 nitrogen and oxygen atoms in total. The second-order valence-corrected chi connectivity index (χ2v) is 9.78. The molecular formula is C24H28N4O2S. The van der Waals surface area contributed by atoms with Crippen LogP contribution in [0.5, 0.6) is 0 Å². The van der Waals surface area contributed by atoms with Crippen molar-refractivity contribution in [2.45, 2.75) is 50.2 Å². The zero-order chi connectivity index (χ0) is 22.6. The van der Waals surface area contributed by atoms with Crippen molar-refractivity contribution in [3.8, 4) is 5.69 Å². The molecule has 2 aromatic carbocycles. The third kappa shape index (κ3) is 5.98. The highest BCUT2D eigenvalue weighted by Gasteiger charge is 2.23. The highest BCUT2D eigenvalue weighted by molar-refractivity contribution is 8.00. The zero-order valence-corrected chi connectivity index (χ0v) is 19.3. The van der Waals surface area contributed by atoms with Gasteiger partial charge in [-0.05, 0) is 43.3 Å². The van der Waals surface area contributed by atoms with E-state index in [1.54, 1.807) is 4.68 Å². The first-order valence-electron chi connectivity index (χ1n) is 10.1. The maximum Gasteiger partial charge on any atom is 0.238 e. The first kappa shape index (κ1) is 22.6. The van der Waals surface area contributed by atoms with Gasteiger partial charge in [0.2, 0.25) is 11.8 Å². The predicted octanol–water partition coefficient (Wildman–Crippen LogP) is 5.25. The summed E-state index contributed by atoms with van der Waals surface area (Å²) in [6.07, 6.45) is 0. The summed E-state index contributed by atoms with van der Waals surface area (Å²) in [6.45, 7) is 9.63. The Kier molecular flexibility index (Phi) is 6.85. The second-order valence-electron chi connectivity index (χ2n) is 8.37. The topological polar surface area (TPSA) is 76.0 Å². The van der Waals surface area contributed by atoms with E-state index in [-0.39, 0.29) is 22.5 Å². The molecule has 1 aromatic heterocycles. The van der Waals surface area contributed by atoms with Crippen LogP contribution in [0.2, 0.25) is 0 Å². The van der Waals surface area contributed by atoms with Crippen molar-refractivity contribution in [1.29, 1.82) is 0 Å². The molecule has 1 heterocycles. The van der Waals surface area contributed by atoms with Crippen LogP contribution in [-0.2, 0) is 15.0 Å². The van der Waals surface area contributed by atoms with Crippen molar-refractivity contribution in [3.05, 3.63) is 66.4 Å². The molecule has 3 aromatic rings. The summed E-state index contributed by atoms with van der Waals surface area (Å²) >= 11 is 1.46. The fourth-order valence-electron chi connectivity index (χ4n) is 2.91. The molecule has 7 heteroatoms. The minimum Gasteiger partial charge on any atom is -0.326 e. The van der Waals surface area contributed by atoms with E-state index in [9.17, 15) is 9.59 Å². The first-order valence-corrected chi connectivity index (χ1v) is 11.0. The number of amides is 2. The molecule has 0 saturated carbocycles. The van der Waals surface area contributed by atoms with E-state index in [2.05, 4.69) is 31.4 Å². The highest BCUT2D eigenvalue weighted by atomic mass is 32.2. The summed E-state index contributed by atoms with van der Waals surface area (Å²) in [4.78, 5) is 25.0.